The normalized spacial score (nSPS) is 10.7. The van der Waals surface area contributed by atoms with Crippen LogP contribution in [0.25, 0.3) is 10.7 Å². The number of nitrogens with one attached hydrogen (secondary N) is 1. The molecule has 9 heteroatoms. The lowest BCUT2D eigenvalue weighted by Crippen LogP contribution is -2.20. The minimum atomic E-state index is -0.269. The van der Waals surface area contributed by atoms with Gasteiger partial charge in [-0.1, -0.05) is 27.3 Å². The Morgan fingerprint density at radius 3 is 2.88 bits per heavy atom. The fraction of sp³-hybridized carbons (Fsp3) is 0.188. The molecule has 0 aliphatic heterocycles. The third-order valence-electron chi connectivity index (χ3n) is 3.32. The molecule has 3 rings (SSSR count). The highest BCUT2D eigenvalue weighted by Gasteiger charge is 2.15. The van der Waals surface area contributed by atoms with Crippen LogP contribution in [0.15, 0.2) is 39.5 Å². The van der Waals surface area contributed by atoms with Crippen LogP contribution in [0.1, 0.15) is 5.69 Å². The van der Waals surface area contributed by atoms with Crippen molar-refractivity contribution in [1.29, 1.82) is 0 Å². The number of hydrogen-bond acceptors (Lipinski definition) is 5. The van der Waals surface area contributed by atoms with E-state index in [0.29, 0.717) is 10.9 Å². The summed E-state index contributed by atoms with van der Waals surface area (Å²) >= 11 is 8.16. The smallest absolute Gasteiger partial charge is 0.264 e. The van der Waals surface area contributed by atoms with Gasteiger partial charge in [0.2, 0.25) is 0 Å². The molecular weight excluding hydrogens is 472 g/mol. The van der Waals surface area contributed by atoms with Gasteiger partial charge in [0.25, 0.3) is 5.91 Å². The predicted molar refractivity (Wildman–Crippen MR) is 105 cm³/mol. The number of aryl methyl sites for hydroxylation is 2. The Morgan fingerprint density at radius 1 is 1.40 bits per heavy atom. The first-order chi connectivity index (χ1) is 11.9. The van der Waals surface area contributed by atoms with Crippen molar-refractivity contribution in [2.45, 2.75) is 6.92 Å². The number of anilines is 1. The van der Waals surface area contributed by atoms with Crippen LogP contribution in [-0.4, -0.2) is 27.0 Å². The van der Waals surface area contributed by atoms with Crippen LogP contribution in [-0.2, 0) is 11.8 Å². The number of carbonyl (C=O) groups is 1. The maximum absolute atomic E-state index is 12.1. The number of nitrogens with zero attached hydrogens (tertiary/aromatic N) is 3. The van der Waals surface area contributed by atoms with Crippen LogP contribution in [0.4, 0.5) is 5.13 Å². The van der Waals surface area contributed by atoms with Crippen molar-refractivity contribution in [2.24, 2.45) is 7.05 Å². The fourth-order valence-corrected chi connectivity index (χ4v) is 4.32. The zero-order valence-electron chi connectivity index (χ0n) is 13.4. The number of thiazole rings is 1. The van der Waals surface area contributed by atoms with Crippen molar-refractivity contribution in [3.05, 3.63) is 45.2 Å². The van der Waals surface area contributed by atoms with E-state index >= 15 is 0 Å². The first kappa shape index (κ1) is 18.1. The van der Waals surface area contributed by atoms with Gasteiger partial charge in [0.05, 0.1) is 15.0 Å². The maximum Gasteiger partial charge on any atom is 0.264 e. The van der Waals surface area contributed by atoms with Gasteiger partial charge in [-0.15, -0.1) is 0 Å². The molecule has 1 N–H and O–H groups in total. The summed E-state index contributed by atoms with van der Waals surface area (Å²) < 4.78 is 9.15. The molecule has 0 unspecified atom stereocenters. The average molecular weight is 486 g/mol. The van der Waals surface area contributed by atoms with E-state index in [1.165, 1.54) is 11.3 Å². The van der Waals surface area contributed by atoms with Gasteiger partial charge in [0.1, 0.15) is 5.75 Å². The van der Waals surface area contributed by atoms with Crippen LogP contribution >= 0.6 is 43.2 Å². The van der Waals surface area contributed by atoms with E-state index in [1.54, 1.807) is 12.3 Å². The van der Waals surface area contributed by atoms with Crippen molar-refractivity contribution in [3.63, 3.8) is 0 Å². The second-order valence-electron chi connectivity index (χ2n) is 5.21. The largest absolute Gasteiger partial charge is 0.483 e. The van der Waals surface area contributed by atoms with Crippen molar-refractivity contribution >= 4 is 54.2 Å². The summed E-state index contributed by atoms with van der Waals surface area (Å²) in [7, 11) is 1.92. The van der Waals surface area contributed by atoms with E-state index in [1.807, 2.05) is 36.9 Å². The van der Waals surface area contributed by atoms with Crippen molar-refractivity contribution in [2.75, 3.05) is 11.9 Å². The molecule has 1 aromatic carbocycles. The standard InChI is InChI=1S/C16H14Br2N4O2S/c1-9-14(15-19-5-6-22(15)2)25-16(20-9)21-13(23)8-24-12-4-3-10(17)7-11(12)18/h3-7H,8H2,1-2H3,(H,20,21,23). The summed E-state index contributed by atoms with van der Waals surface area (Å²) in [6.07, 6.45) is 3.60. The summed E-state index contributed by atoms with van der Waals surface area (Å²) in [6, 6.07) is 5.49. The Labute approximate surface area is 165 Å². The zero-order valence-corrected chi connectivity index (χ0v) is 17.4. The van der Waals surface area contributed by atoms with Crippen LogP contribution in [0.3, 0.4) is 0 Å². The van der Waals surface area contributed by atoms with Gasteiger partial charge in [0.15, 0.2) is 17.6 Å². The number of aromatic nitrogens is 3. The number of ether oxygens (including phenoxy) is 1. The third-order valence-corrected chi connectivity index (χ3v) is 5.50. The van der Waals surface area contributed by atoms with Gasteiger partial charge in [0, 0.05) is 23.9 Å². The van der Waals surface area contributed by atoms with Crippen molar-refractivity contribution in [1.82, 2.24) is 14.5 Å². The molecule has 0 saturated heterocycles. The van der Waals surface area contributed by atoms with Gasteiger partial charge in [-0.25, -0.2) is 9.97 Å². The SMILES string of the molecule is Cc1nc(NC(=O)COc2ccc(Br)cc2Br)sc1-c1nccn1C. The lowest BCUT2D eigenvalue weighted by Gasteiger charge is -2.07. The monoisotopic (exact) mass is 484 g/mol. The molecule has 0 fully saturated rings. The summed E-state index contributed by atoms with van der Waals surface area (Å²) in [5.41, 5.74) is 0.825. The molecule has 0 saturated carbocycles. The van der Waals surface area contributed by atoms with Gasteiger partial charge in [-0.3, -0.25) is 10.1 Å². The first-order valence-corrected chi connectivity index (χ1v) is 9.67. The predicted octanol–water partition coefficient (Wildman–Crippen LogP) is 4.39. The van der Waals surface area contributed by atoms with E-state index in [9.17, 15) is 4.79 Å². The molecule has 2 heterocycles. The van der Waals surface area contributed by atoms with Crippen LogP contribution in [0.2, 0.25) is 0 Å². The molecular formula is C16H14Br2N4O2S. The number of rotatable bonds is 5. The highest BCUT2D eigenvalue weighted by Crippen LogP contribution is 2.31. The molecule has 0 aliphatic rings. The lowest BCUT2D eigenvalue weighted by molar-refractivity contribution is -0.118. The Kier molecular flexibility index (Phi) is 5.55. The number of halogens is 2. The van der Waals surface area contributed by atoms with E-state index in [-0.39, 0.29) is 12.5 Å². The Balaban J connectivity index is 1.64. The first-order valence-electron chi connectivity index (χ1n) is 7.27. The van der Waals surface area contributed by atoms with Crippen LogP contribution in [0.5, 0.6) is 5.75 Å². The lowest BCUT2D eigenvalue weighted by atomic mass is 10.3. The second kappa shape index (κ2) is 7.67. The molecule has 130 valence electrons. The molecule has 0 radical (unpaired) electrons. The highest BCUT2D eigenvalue weighted by molar-refractivity contribution is 9.11. The summed E-state index contributed by atoms with van der Waals surface area (Å²) in [4.78, 5) is 21.8. The summed E-state index contributed by atoms with van der Waals surface area (Å²) in [5, 5.41) is 3.29. The molecule has 1 amide bonds. The summed E-state index contributed by atoms with van der Waals surface area (Å²) in [6.45, 7) is 1.79. The van der Waals surface area contributed by atoms with E-state index in [0.717, 1.165) is 25.3 Å². The summed E-state index contributed by atoms with van der Waals surface area (Å²) in [5.74, 6) is 1.16. The Morgan fingerprint density at radius 2 is 2.20 bits per heavy atom. The Bertz CT molecular complexity index is 923. The number of hydrogen-bond donors (Lipinski definition) is 1. The van der Waals surface area contributed by atoms with Gasteiger partial charge < -0.3 is 9.30 Å². The van der Waals surface area contributed by atoms with E-state index in [4.69, 9.17) is 4.74 Å². The molecule has 2 aromatic heterocycles. The van der Waals surface area contributed by atoms with Crippen LogP contribution in [0, 0.1) is 6.92 Å². The van der Waals surface area contributed by atoms with Crippen molar-refractivity contribution < 1.29 is 9.53 Å². The maximum atomic E-state index is 12.1. The number of imidazole rings is 1. The topological polar surface area (TPSA) is 69.0 Å². The average Bonchev–Trinajstić information content (AvgIpc) is 3.11. The van der Waals surface area contributed by atoms with Gasteiger partial charge in [-0.05, 0) is 41.1 Å². The highest BCUT2D eigenvalue weighted by atomic mass is 79.9. The molecule has 3 aromatic rings. The van der Waals surface area contributed by atoms with Crippen LogP contribution < -0.4 is 10.1 Å². The second-order valence-corrected chi connectivity index (χ2v) is 7.98. The molecule has 0 atom stereocenters. The molecule has 0 aliphatic carbocycles. The number of carbonyl (C=O) groups excluding carboxylic acids is 1. The zero-order chi connectivity index (χ0) is 18.0. The quantitative estimate of drug-likeness (QED) is 0.581. The Hall–Kier alpha value is -1.71. The van der Waals surface area contributed by atoms with Gasteiger partial charge >= 0.3 is 0 Å². The minimum absolute atomic E-state index is 0.101. The van der Waals surface area contributed by atoms with E-state index < -0.39 is 0 Å². The number of amides is 1. The molecule has 0 spiro atoms. The van der Waals surface area contributed by atoms with Crippen molar-refractivity contribution in [3.8, 4) is 16.5 Å². The minimum Gasteiger partial charge on any atom is -0.483 e. The molecule has 25 heavy (non-hydrogen) atoms. The third kappa shape index (κ3) is 4.28. The molecule has 0 bridgehead atoms. The fourth-order valence-electron chi connectivity index (χ4n) is 2.13. The molecule has 6 nitrogen and oxygen atoms in total. The van der Waals surface area contributed by atoms with E-state index in [2.05, 4.69) is 47.1 Å². The number of benzene rings is 1. The van der Waals surface area contributed by atoms with Gasteiger partial charge in [-0.2, -0.15) is 0 Å².